The van der Waals surface area contributed by atoms with Crippen LogP contribution in [0.3, 0.4) is 0 Å². The lowest BCUT2D eigenvalue weighted by Gasteiger charge is -2.08. The van der Waals surface area contributed by atoms with E-state index in [1.807, 2.05) is 0 Å². The number of hydrogen-bond donors (Lipinski definition) is 4. The maximum absolute atomic E-state index is 10.4. The van der Waals surface area contributed by atoms with Crippen molar-refractivity contribution in [3.63, 3.8) is 0 Å². The molecule has 0 aliphatic heterocycles. The van der Waals surface area contributed by atoms with Crippen LogP contribution in [0.4, 0.5) is 5.69 Å². The average molecular weight is 306 g/mol. The van der Waals surface area contributed by atoms with Crippen LogP contribution in [0.1, 0.15) is 0 Å². The Kier molecular flexibility index (Phi) is 5.25. The van der Waals surface area contributed by atoms with Crippen LogP contribution in [-0.4, -0.2) is 42.6 Å². The van der Waals surface area contributed by atoms with Crippen LogP contribution in [0, 0.1) is 10.1 Å². The van der Waals surface area contributed by atoms with E-state index in [0.29, 0.717) is 5.58 Å². The molecule has 0 aliphatic rings. The predicted molar refractivity (Wildman–Crippen MR) is 65.6 cm³/mol. The molecule has 0 saturated carbocycles. The lowest BCUT2D eigenvalue weighted by atomic mass is 10.3. The summed E-state index contributed by atoms with van der Waals surface area (Å²) in [5.74, 6) is -1.43. The first-order valence-electron chi connectivity index (χ1n) is 5.04. The zero-order chi connectivity index (χ0) is 15.3. The van der Waals surface area contributed by atoms with E-state index in [1.54, 1.807) is 6.07 Å². The lowest BCUT2D eigenvalue weighted by molar-refractivity contribution is -0.383. The fourth-order valence-electron chi connectivity index (χ4n) is 1.04. The molecule has 2 rings (SSSR count). The first-order chi connectivity index (χ1) is 9.27. The SMILES string of the molecule is NC(CO)P(=O)(O)O.O=[N+]([O-])c1cccc2onnc12. The number of aliphatic hydroxyl groups excluding tert-OH is 1. The van der Waals surface area contributed by atoms with Crippen LogP contribution in [0.2, 0.25) is 0 Å². The number of aliphatic hydroxyl groups is 1. The molecule has 1 atom stereocenters. The smallest absolute Gasteiger partial charge is 0.344 e. The maximum atomic E-state index is 10.4. The van der Waals surface area contributed by atoms with Crippen molar-refractivity contribution in [2.75, 3.05) is 6.61 Å². The molecule has 1 aromatic carbocycles. The van der Waals surface area contributed by atoms with Crippen LogP contribution < -0.4 is 5.73 Å². The Labute approximate surface area is 111 Å². The van der Waals surface area contributed by atoms with Gasteiger partial charge in [0, 0.05) is 11.3 Å². The highest BCUT2D eigenvalue weighted by atomic mass is 31.2. The third-order valence-electron chi connectivity index (χ3n) is 2.07. The van der Waals surface area contributed by atoms with E-state index < -0.39 is 24.9 Å². The number of rotatable bonds is 3. The van der Waals surface area contributed by atoms with Gasteiger partial charge in [0.05, 0.1) is 11.5 Å². The summed E-state index contributed by atoms with van der Waals surface area (Å²) < 4.78 is 14.6. The fourth-order valence-corrected chi connectivity index (χ4v) is 1.26. The number of nitrogens with two attached hydrogens (primary N) is 1. The normalized spacial score (nSPS) is 12.6. The van der Waals surface area contributed by atoms with Crippen molar-refractivity contribution >= 4 is 24.4 Å². The molecule has 1 unspecified atom stereocenters. The summed E-state index contributed by atoms with van der Waals surface area (Å²) in [6.07, 6.45) is 0. The standard InChI is InChI=1S/C6H3N3O3.C2H8NO4P/c10-9(11)4-2-1-3-5-6(4)7-8-12-5;3-2(1-4)8(5,6)7/h1-3H;2,4H,1,3H2,(H2,5,6,7). The molecule has 0 bridgehead atoms. The van der Waals surface area contributed by atoms with Crippen molar-refractivity contribution in [3.05, 3.63) is 28.3 Å². The van der Waals surface area contributed by atoms with E-state index in [9.17, 15) is 14.7 Å². The van der Waals surface area contributed by atoms with E-state index in [4.69, 9.17) is 20.6 Å². The molecule has 0 spiro atoms. The van der Waals surface area contributed by atoms with Gasteiger partial charge in [-0.3, -0.25) is 14.7 Å². The lowest BCUT2D eigenvalue weighted by Crippen LogP contribution is -2.23. The molecular weight excluding hydrogens is 295 g/mol. The Hall–Kier alpha value is -1.91. The van der Waals surface area contributed by atoms with Crippen LogP contribution >= 0.6 is 7.60 Å². The summed E-state index contributed by atoms with van der Waals surface area (Å²) in [7, 11) is -4.23. The first-order valence-corrected chi connectivity index (χ1v) is 6.72. The molecular formula is C8H11N4O7P. The zero-order valence-electron chi connectivity index (χ0n) is 9.86. The zero-order valence-corrected chi connectivity index (χ0v) is 10.8. The third kappa shape index (κ3) is 4.05. The molecule has 0 aliphatic carbocycles. The second kappa shape index (κ2) is 6.50. The van der Waals surface area contributed by atoms with Gasteiger partial charge in [-0.2, -0.15) is 0 Å². The number of nitro groups is 1. The minimum Gasteiger partial charge on any atom is -0.394 e. The molecule has 110 valence electrons. The maximum Gasteiger partial charge on any atom is 0.344 e. The van der Waals surface area contributed by atoms with Gasteiger partial charge in [0.25, 0.3) is 0 Å². The van der Waals surface area contributed by atoms with Gasteiger partial charge in [0.2, 0.25) is 5.52 Å². The monoisotopic (exact) mass is 306 g/mol. The van der Waals surface area contributed by atoms with Gasteiger partial charge >= 0.3 is 13.3 Å². The molecule has 0 radical (unpaired) electrons. The van der Waals surface area contributed by atoms with Crippen molar-refractivity contribution in [3.8, 4) is 0 Å². The fraction of sp³-hybridized carbons (Fsp3) is 0.250. The number of aromatic nitrogens is 2. The second-order valence-corrected chi connectivity index (χ2v) is 5.33. The highest BCUT2D eigenvalue weighted by molar-refractivity contribution is 7.52. The summed E-state index contributed by atoms with van der Waals surface area (Å²) in [6, 6.07) is 4.45. The van der Waals surface area contributed by atoms with E-state index in [1.165, 1.54) is 12.1 Å². The molecule has 1 heterocycles. The van der Waals surface area contributed by atoms with Gasteiger partial charge in [0.15, 0.2) is 5.58 Å². The van der Waals surface area contributed by atoms with E-state index in [2.05, 4.69) is 14.9 Å². The number of fused-ring (bicyclic) bond motifs is 1. The summed E-state index contributed by atoms with van der Waals surface area (Å²) in [5.41, 5.74) is 5.15. The van der Waals surface area contributed by atoms with Crippen molar-refractivity contribution < 1.29 is 28.9 Å². The van der Waals surface area contributed by atoms with Crippen LogP contribution in [0.5, 0.6) is 0 Å². The van der Waals surface area contributed by atoms with E-state index in [-0.39, 0.29) is 11.2 Å². The predicted octanol–water partition coefficient (Wildman–Crippen LogP) is -0.428. The van der Waals surface area contributed by atoms with Crippen molar-refractivity contribution in [1.82, 2.24) is 10.4 Å². The van der Waals surface area contributed by atoms with Crippen LogP contribution in [0.25, 0.3) is 11.1 Å². The van der Waals surface area contributed by atoms with Crippen LogP contribution in [0.15, 0.2) is 22.7 Å². The molecule has 2 aromatic rings. The Balaban J connectivity index is 0.000000221. The van der Waals surface area contributed by atoms with Crippen molar-refractivity contribution in [2.24, 2.45) is 5.73 Å². The van der Waals surface area contributed by atoms with Gasteiger partial charge in [-0.15, -0.1) is 5.10 Å². The molecule has 5 N–H and O–H groups in total. The molecule has 0 saturated heterocycles. The van der Waals surface area contributed by atoms with Crippen molar-refractivity contribution in [1.29, 1.82) is 0 Å². The number of nitro benzene ring substituents is 1. The van der Waals surface area contributed by atoms with Gasteiger partial charge < -0.3 is 25.2 Å². The molecule has 0 amide bonds. The second-order valence-electron chi connectivity index (χ2n) is 3.49. The summed E-state index contributed by atoms with van der Waals surface area (Å²) in [5, 5.41) is 25.2. The minimum absolute atomic E-state index is 0.0891. The topological polar surface area (TPSA) is 186 Å². The highest BCUT2D eigenvalue weighted by Crippen LogP contribution is 2.37. The summed E-state index contributed by atoms with van der Waals surface area (Å²) >= 11 is 0. The Morgan fingerprint density at radius 1 is 1.50 bits per heavy atom. The summed E-state index contributed by atoms with van der Waals surface area (Å²) in [4.78, 5) is 26.1. The number of benzene rings is 1. The van der Waals surface area contributed by atoms with Gasteiger partial charge in [-0.05, 0) is 6.07 Å². The van der Waals surface area contributed by atoms with Crippen molar-refractivity contribution in [2.45, 2.75) is 5.78 Å². The first kappa shape index (κ1) is 16.1. The molecule has 20 heavy (non-hydrogen) atoms. The van der Waals surface area contributed by atoms with Crippen LogP contribution in [-0.2, 0) is 4.57 Å². The Morgan fingerprint density at radius 3 is 2.60 bits per heavy atom. The summed E-state index contributed by atoms with van der Waals surface area (Å²) in [6.45, 7) is -0.690. The number of nitrogens with zero attached hydrogens (tertiary/aromatic N) is 3. The Morgan fingerprint density at radius 2 is 2.15 bits per heavy atom. The molecule has 0 fully saturated rings. The minimum atomic E-state index is -4.23. The average Bonchev–Trinajstić information content (AvgIpc) is 2.85. The largest absolute Gasteiger partial charge is 0.394 e. The quantitative estimate of drug-likeness (QED) is 0.329. The Bertz CT molecular complexity index is 639. The van der Waals surface area contributed by atoms with E-state index >= 15 is 0 Å². The third-order valence-corrected chi connectivity index (χ3v) is 3.10. The molecule has 12 heteroatoms. The number of hydrogen-bond acceptors (Lipinski definition) is 8. The number of non-ortho nitro benzene ring substituents is 1. The van der Waals surface area contributed by atoms with Gasteiger partial charge in [0.1, 0.15) is 5.78 Å². The van der Waals surface area contributed by atoms with E-state index in [0.717, 1.165) is 0 Å². The molecule has 11 nitrogen and oxygen atoms in total. The molecule has 1 aromatic heterocycles. The van der Waals surface area contributed by atoms with Gasteiger partial charge in [-0.25, -0.2) is 0 Å². The highest BCUT2D eigenvalue weighted by Gasteiger charge is 2.22. The van der Waals surface area contributed by atoms with Gasteiger partial charge in [-0.1, -0.05) is 6.07 Å².